The summed E-state index contributed by atoms with van der Waals surface area (Å²) >= 11 is 0. The molecular weight excluding hydrogens is 336 g/mol. The molecule has 0 heterocycles. The van der Waals surface area contributed by atoms with Crippen molar-refractivity contribution in [3.63, 3.8) is 0 Å². The van der Waals surface area contributed by atoms with Crippen LogP contribution in [0.15, 0.2) is 48.5 Å². The smallest absolute Gasteiger partial charge is 0.405 e. The molecule has 0 fully saturated rings. The highest BCUT2D eigenvalue weighted by atomic mass is 16.6. The lowest BCUT2D eigenvalue weighted by molar-refractivity contribution is -0.385. The SMILES string of the molecule is CC(C)(C)OC(N)=O.Cc1c(C(=O)c2ccccc2)cccc1[N+](=O)[O-]. The highest BCUT2D eigenvalue weighted by molar-refractivity contribution is 6.10. The normalized spacial score (nSPS) is 10.3. The summed E-state index contributed by atoms with van der Waals surface area (Å²) in [4.78, 5) is 32.6. The number of carbonyl (C=O) groups is 2. The van der Waals surface area contributed by atoms with E-state index in [4.69, 9.17) is 5.73 Å². The molecule has 0 bridgehead atoms. The third kappa shape index (κ3) is 6.35. The first-order valence-electron chi connectivity index (χ1n) is 7.85. The monoisotopic (exact) mass is 358 g/mol. The number of primary amides is 1. The minimum Gasteiger partial charge on any atom is -0.444 e. The summed E-state index contributed by atoms with van der Waals surface area (Å²) in [5.74, 6) is -0.197. The maximum atomic E-state index is 12.2. The molecule has 2 N–H and O–H groups in total. The number of nitrogens with zero attached hydrogens (tertiary/aromatic N) is 1. The zero-order valence-electron chi connectivity index (χ0n) is 15.2. The van der Waals surface area contributed by atoms with Crippen LogP contribution in [0, 0.1) is 17.0 Å². The van der Waals surface area contributed by atoms with Gasteiger partial charge in [0.2, 0.25) is 0 Å². The van der Waals surface area contributed by atoms with Crippen LogP contribution in [-0.2, 0) is 4.74 Å². The molecule has 2 aromatic carbocycles. The lowest BCUT2D eigenvalue weighted by atomic mass is 9.98. The number of rotatable bonds is 3. The Bertz CT molecular complexity index is 795. The van der Waals surface area contributed by atoms with Crippen LogP contribution in [0.25, 0.3) is 0 Å². The fourth-order valence-electron chi connectivity index (χ4n) is 2.11. The zero-order valence-corrected chi connectivity index (χ0v) is 15.2. The van der Waals surface area contributed by atoms with Crippen molar-refractivity contribution >= 4 is 17.6 Å². The number of nitro groups is 1. The third-order valence-corrected chi connectivity index (χ3v) is 3.19. The quantitative estimate of drug-likeness (QED) is 0.506. The van der Waals surface area contributed by atoms with E-state index in [2.05, 4.69) is 4.74 Å². The third-order valence-electron chi connectivity index (χ3n) is 3.19. The number of benzene rings is 2. The van der Waals surface area contributed by atoms with Gasteiger partial charge in [-0.25, -0.2) is 4.79 Å². The highest BCUT2D eigenvalue weighted by Crippen LogP contribution is 2.23. The molecule has 26 heavy (non-hydrogen) atoms. The summed E-state index contributed by atoms with van der Waals surface area (Å²) in [5.41, 5.74) is 5.53. The number of amides is 1. The predicted molar refractivity (Wildman–Crippen MR) is 98.1 cm³/mol. The average Bonchev–Trinajstić information content (AvgIpc) is 2.53. The number of nitro benzene ring substituents is 1. The van der Waals surface area contributed by atoms with E-state index in [9.17, 15) is 19.7 Å². The second-order valence-electron chi connectivity index (χ2n) is 6.44. The first-order valence-corrected chi connectivity index (χ1v) is 7.85. The van der Waals surface area contributed by atoms with Gasteiger partial charge in [-0.2, -0.15) is 0 Å². The molecule has 0 aliphatic heterocycles. The van der Waals surface area contributed by atoms with E-state index in [1.165, 1.54) is 12.1 Å². The zero-order chi connectivity index (χ0) is 19.9. The van der Waals surface area contributed by atoms with Crippen molar-refractivity contribution in [2.45, 2.75) is 33.3 Å². The van der Waals surface area contributed by atoms with Crippen LogP contribution in [0.1, 0.15) is 42.3 Å². The van der Waals surface area contributed by atoms with Crippen LogP contribution in [0.3, 0.4) is 0 Å². The molecule has 0 unspecified atom stereocenters. The number of ketones is 1. The van der Waals surface area contributed by atoms with E-state index in [1.54, 1.807) is 58.0 Å². The van der Waals surface area contributed by atoms with Gasteiger partial charge in [-0.05, 0) is 27.7 Å². The van der Waals surface area contributed by atoms with Gasteiger partial charge in [0.05, 0.1) is 4.92 Å². The maximum Gasteiger partial charge on any atom is 0.405 e. The standard InChI is InChI=1S/C14H11NO3.C5H11NO2/c1-10-12(8-5-9-13(10)15(17)18)14(16)11-6-3-2-4-7-11;1-5(2,3)8-4(6)7/h2-9H,1H3;1-3H3,(H2,6,7). The first kappa shape index (κ1) is 20.8. The fourth-order valence-corrected chi connectivity index (χ4v) is 2.11. The van der Waals surface area contributed by atoms with Crippen molar-refractivity contribution in [1.29, 1.82) is 0 Å². The van der Waals surface area contributed by atoms with Crippen molar-refractivity contribution in [2.75, 3.05) is 0 Å². The summed E-state index contributed by atoms with van der Waals surface area (Å²) < 4.78 is 4.58. The molecule has 7 heteroatoms. The lowest BCUT2D eigenvalue weighted by Gasteiger charge is -2.16. The Morgan fingerprint density at radius 3 is 2.04 bits per heavy atom. The first-order chi connectivity index (χ1) is 12.0. The second kappa shape index (κ2) is 8.75. The van der Waals surface area contributed by atoms with Gasteiger partial charge in [-0.15, -0.1) is 0 Å². The van der Waals surface area contributed by atoms with Crippen LogP contribution in [0.2, 0.25) is 0 Å². The number of carbonyl (C=O) groups excluding carboxylic acids is 2. The van der Waals surface area contributed by atoms with Crippen LogP contribution in [0.4, 0.5) is 10.5 Å². The van der Waals surface area contributed by atoms with Crippen molar-refractivity contribution in [3.05, 3.63) is 75.3 Å². The Labute approximate surface area is 151 Å². The molecule has 0 radical (unpaired) electrons. The van der Waals surface area contributed by atoms with Crippen molar-refractivity contribution in [3.8, 4) is 0 Å². The molecule has 7 nitrogen and oxygen atoms in total. The average molecular weight is 358 g/mol. The predicted octanol–water partition coefficient (Wildman–Crippen LogP) is 4.01. The topological polar surface area (TPSA) is 113 Å². The van der Waals surface area contributed by atoms with E-state index in [0.29, 0.717) is 16.7 Å². The molecule has 0 aliphatic rings. The van der Waals surface area contributed by atoms with Crippen LogP contribution in [0.5, 0.6) is 0 Å². The minimum atomic E-state index is -0.725. The molecule has 2 aromatic rings. The van der Waals surface area contributed by atoms with Gasteiger partial charge < -0.3 is 10.5 Å². The van der Waals surface area contributed by atoms with Crippen molar-refractivity contribution in [2.24, 2.45) is 5.73 Å². The Morgan fingerprint density at radius 1 is 1.04 bits per heavy atom. The van der Waals surface area contributed by atoms with Gasteiger partial charge in [0.1, 0.15) is 5.60 Å². The number of hydrogen-bond acceptors (Lipinski definition) is 5. The van der Waals surface area contributed by atoms with Gasteiger partial charge in [0.25, 0.3) is 5.69 Å². The van der Waals surface area contributed by atoms with Gasteiger partial charge in [-0.3, -0.25) is 14.9 Å². The van der Waals surface area contributed by atoms with Crippen molar-refractivity contribution < 1.29 is 19.2 Å². The molecular formula is C19H22N2O5. The summed E-state index contributed by atoms with van der Waals surface area (Å²) in [6.07, 6.45) is -0.725. The molecule has 0 atom stereocenters. The number of ether oxygens (including phenoxy) is 1. The van der Waals surface area contributed by atoms with E-state index in [0.717, 1.165) is 0 Å². The largest absolute Gasteiger partial charge is 0.444 e. The molecule has 0 saturated carbocycles. The summed E-state index contributed by atoms with van der Waals surface area (Å²) in [6.45, 7) is 6.88. The molecule has 1 amide bonds. The van der Waals surface area contributed by atoms with Gasteiger partial charge in [-0.1, -0.05) is 42.5 Å². The summed E-state index contributed by atoms with van der Waals surface area (Å²) in [7, 11) is 0. The molecule has 0 aromatic heterocycles. The molecule has 0 aliphatic carbocycles. The van der Waals surface area contributed by atoms with Gasteiger partial charge >= 0.3 is 6.09 Å². The number of hydrogen-bond donors (Lipinski definition) is 1. The lowest BCUT2D eigenvalue weighted by Crippen LogP contribution is -2.27. The molecule has 138 valence electrons. The Balaban J connectivity index is 0.000000359. The maximum absolute atomic E-state index is 12.2. The molecule has 0 spiro atoms. The minimum absolute atomic E-state index is 0.0308. The van der Waals surface area contributed by atoms with Crippen LogP contribution in [-0.4, -0.2) is 22.4 Å². The molecule has 0 saturated heterocycles. The number of nitrogens with two attached hydrogens (primary N) is 1. The van der Waals surface area contributed by atoms with Crippen LogP contribution >= 0.6 is 0 Å². The fraction of sp³-hybridized carbons (Fsp3) is 0.263. The summed E-state index contributed by atoms with van der Waals surface area (Å²) in [5, 5.41) is 10.8. The van der Waals surface area contributed by atoms with E-state index in [-0.39, 0.29) is 11.5 Å². The molecule has 2 rings (SSSR count). The van der Waals surface area contributed by atoms with E-state index in [1.807, 2.05) is 6.07 Å². The van der Waals surface area contributed by atoms with E-state index >= 15 is 0 Å². The van der Waals surface area contributed by atoms with E-state index < -0.39 is 16.6 Å². The van der Waals surface area contributed by atoms with Crippen molar-refractivity contribution in [1.82, 2.24) is 0 Å². The Kier molecular flexibility index (Phi) is 7.01. The Morgan fingerprint density at radius 2 is 1.62 bits per heavy atom. The second-order valence-corrected chi connectivity index (χ2v) is 6.44. The Hall–Kier alpha value is -3.22. The van der Waals surface area contributed by atoms with Crippen LogP contribution < -0.4 is 5.73 Å². The highest BCUT2D eigenvalue weighted by Gasteiger charge is 2.18. The summed E-state index contributed by atoms with van der Waals surface area (Å²) in [6, 6.07) is 13.3. The van der Waals surface area contributed by atoms with Gasteiger partial charge in [0.15, 0.2) is 5.78 Å². The van der Waals surface area contributed by atoms with Gasteiger partial charge in [0, 0.05) is 22.8 Å².